The number of halogens is 1. The standard InChI is InChI=1S/C22H20ClN3O4S/c1-15(27)24-21-13-10-17(14-20(21)23)25-22(28)16-8-11-19(12-9-16)31(29,30)26(2)18-6-4-3-5-7-18/h3-14H,1-2H3,(H,24,27)(H,25,28). The Morgan fingerprint density at radius 3 is 2.13 bits per heavy atom. The maximum atomic E-state index is 12.8. The van der Waals surface area contributed by atoms with E-state index >= 15 is 0 Å². The first kappa shape index (κ1) is 22.3. The first-order chi connectivity index (χ1) is 14.7. The monoisotopic (exact) mass is 457 g/mol. The third-order valence-electron chi connectivity index (χ3n) is 4.43. The number of carbonyl (C=O) groups excluding carboxylic acids is 2. The van der Waals surface area contributed by atoms with Crippen LogP contribution in [0.25, 0.3) is 0 Å². The molecule has 0 aliphatic heterocycles. The number of para-hydroxylation sites is 1. The van der Waals surface area contributed by atoms with Crippen molar-refractivity contribution in [3.63, 3.8) is 0 Å². The van der Waals surface area contributed by atoms with Gasteiger partial charge in [-0.15, -0.1) is 0 Å². The normalized spacial score (nSPS) is 10.9. The maximum Gasteiger partial charge on any atom is 0.264 e. The Morgan fingerprint density at radius 2 is 1.55 bits per heavy atom. The average molecular weight is 458 g/mol. The second-order valence-corrected chi connectivity index (χ2v) is 9.04. The fraction of sp³-hybridized carbons (Fsp3) is 0.0909. The number of sulfonamides is 1. The molecule has 2 amide bonds. The van der Waals surface area contributed by atoms with Gasteiger partial charge in [-0.2, -0.15) is 0 Å². The number of amides is 2. The van der Waals surface area contributed by atoms with Gasteiger partial charge in [-0.25, -0.2) is 8.42 Å². The summed E-state index contributed by atoms with van der Waals surface area (Å²) in [6.45, 7) is 1.37. The summed E-state index contributed by atoms with van der Waals surface area (Å²) < 4.78 is 26.8. The van der Waals surface area contributed by atoms with E-state index in [2.05, 4.69) is 10.6 Å². The Balaban J connectivity index is 1.74. The van der Waals surface area contributed by atoms with Crippen LogP contribution in [-0.2, 0) is 14.8 Å². The van der Waals surface area contributed by atoms with Crippen molar-refractivity contribution in [2.24, 2.45) is 0 Å². The van der Waals surface area contributed by atoms with E-state index in [-0.39, 0.29) is 21.4 Å². The molecule has 3 aromatic carbocycles. The molecule has 2 N–H and O–H groups in total. The summed E-state index contributed by atoms with van der Waals surface area (Å²) in [6, 6.07) is 19.0. The van der Waals surface area contributed by atoms with Gasteiger partial charge in [0.2, 0.25) is 5.91 Å². The van der Waals surface area contributed by atoms with Gasteiger partial charge >= 0.3 is 0 Å². The first-order valence-electron chi connectivity index (χ1n) is 9.21. The van der Waals surface area contributed by atoms with Crippen molar-refractivity contribution in [1.82, 2.24) is 0 Å². The molecule has 160 valence electrons. The van der Waals surface area contributed by atoms with E-state index in [0.29, 0.717) is 17.1 Å². The molecule has 3 rings (SSSR count). The summed E-state index contributed by atoms with van der Waals surface area (Å²) in [7, 11) is -2.29. The van der Waals surface area contributed by atoms with Crippen LogP contribution in [-0.4, -0.2) is 27.3 Å². The third kappa shape index (κ3) is 5.22. The minimum absolute atomic E-state index is 0.0677. The minimum Gasteiger partial charge on any atom is -0.325 e. The molecule has 31 heavy (non-hydrogen) atoms. The lowest BCUT2D eigenvalue weighted by Crippen LogP contribution is -2.26. The number of rotatable bonds is 6. The van der Waals surface area contributed by atoms with Crippen molar-refractivity contribution in [2.75, 3.05) is 22.0 Å². The maximum absolute atomic E-state index is 12.8. The molecule has 0 aliphatic rings. The van der Waals surface area contributed by atoms with Crippen molar-refractivity contribution in [2.45, 2.75) is 11.8 Å². The highest BCUT2D eigenvalue weighted by atomic mass is 35.5. The van der Waals surface area contributed by atoms with Gasteiger partial charge in [0.1, 0.15) is 0 Å². The molecular weight excluding hydrogens is 438 g/mol. The predicted octanol–water partition coefficient (Wildman–Crippen LogP) is 4.38. The van der Waals surface area contributed by atoms with Crippen LogP contribution in [0.1, 0.15) is 17.3 Å². The number of nitrogens with one attached hydrogen (secondary N) is 2. The predicted molar refractivity (Wildman–Crippen MR) is 122 cm³/mol. The van der Waals surface area contributed by atoms with Crippen LogP contribution in [0.3, 0.4) is 0 Å². The van der Waals surface area contributed by atoms with Gasteiger partial charge < -0.3 is 10.6 Å². The van der Waals surface area contributed by atoms with Crippen molar-refractivity contribution in [3.8, 4) is 0 Å². The molecule has 0 spiro atoms. The highest BCUT2D eigenvalue weighted by molar-refractivity contribution is 7.92. The molecule has 0 saturated heterocycles. The van der Waals surface area contributed by atoms with Crippen LogP contribution >= 0.6 is 11.6 Å². The average Bonchev–Trinajstić information content (AvgIpc) is 2.75. The quantitative estimate of drug-likeness (QED) is 0.574. The van der Waals surface area contributed by atoms with Crippen LogP contribution in [0.15, 0.2) is 77.7 Å². The number of hydrogen-bond donors (Lipinski definition) is 2. The van der Waals surface area contributed by atoms with Gasteiger partial charge in [0.25, 0.3) is 15.9 Å². The Labute approximate surface area is 185 Å². The lowest BCUT2D eigenvalue weighted by molar-refractivity contribution is -0.114. The fourth-order valence-electron chi connectivity index (χ4n) is 2.80. The van der Waals surface area contributed by atoms with Crippen LogP contribution in [0.5, 0.6) is 0 Å². The zero-order chi connectivity index (χ0) is 22.6. The summed E-state index contributed by atoms with van der Waals surface area (Å²) in [5.74, 6) is -0.685. The fourth-order valence-corrected chi connectivity index (χ4v) is 4.22. The van der Waals surface area contributed by atoms with Crippen LogP contribution < -0.4 is 14.9 Å². The van der Waals surface area contributed by atoms with Crippen molar-refractivity contribution >= 4 is 50.5 Å². The molecule has 0 bridgehead atoms. The Kier molecular flexibility index (Phi) is 6.62. The van der Waals surface area contributed by atoms with Gasteiger partial charge in [-0.1, -0.05) is 29.8 Å². The summed E-state index contributed by atoms with van der Waals surface area (Å²) >= 11 is 6.12. The number of nitrogens with zero attached hydrogens (tertiary/aromatic N) is 1. The molecule has 3 aromatic rings. The largest absolute Gasteiger partial charge is 0.325 e. The Bertz CT molecular complexity index is 1210. The number of benzene rings is 3. The molecule has 0 aromatic heterocycles. The molecule has 0 atom stereocenters. The van der Waals surface area contributed by atoms with Gasteiger partial charge in [-0.3, -0.25) is 13.9 Å². The molecule has 0 unspecified atom stereocenters. The van der Waals surface area contributed by atoms with Gasteiger partial charge in [0, 0.05) is 25.2 Å². The summed E-state index contributed by atoms with van der Waals surface area (Å²) in [4.78, 5) is 23.7. The molecule has 0 radical (unpaired) electrons. The van der Waals surface area contributed by atoms with Crippen molar-refractivity contribution in [1.29, 1.82) is 0 Å². The van der Waals surface area contributed by atoms with Crippen LogP contribution in [0.2, 0.25) is 5.02 Å². The van der Waals surface area contributed by atoms with E-state index in [0.717, 1.165) is 0 Å². The van der Waals surface area contributed by atoms with E-state index in [4.69, 9.17) is 11.6 Å². The zero-order valence-electron chi connectivity index (χ0n) is 16.8. The van der Waals surface area contributed by atoms with E-state index in [9.17, 15) is 18.0 Å². The molecule has 0 heterocycles. The molecular formula is C22H20ClN3O4S. The minimum atomic E-state index is -3.76. The second kappa shape index (κ2) is 9.20. The van der Waals surface area contributed by atoms with E-state index in [1.165, 1.54) is 48.6 Å². The van der Waals surface area contributed by atoms with Gasteiger partial charge in [-0.05, 0) is 54.6 Å². The van der Waals surface area contributed by atoms with Crippen molar-refractivity contribution < 1.29 is 18.0 Å². The highest BCUT2D eigenvalue weighted by Gasteiger charge is 2.21. The molecule has 0 saturated carbocycles. The van der Waals surface area contributed by atoms with E-state index < -0.39 is 15.9 Å². The zero-order valence-corrected chi connectivity index (χ0v) is 18.4. The van der Waals surface area contributed by atoms with E-state index in [1.807, 2.05) is 0 Å². The highest BCUT2D eigenvalue weighted by Crippen LogP contribution is 2.26. The third-order valence-corrected chi connectivity index (χ3v) is 6.54. The Hall–Kier alpha value is -3.36. The first-order valence-corrected chi connectivity index (χ1v) is 11.0. The van der Waals surface area contributed by atoms with E-state index in [1.54, 1.807) is 42.5 Å². The SMILES string of the molecule is CC(=O)Nc1ccc(NC(=O)c2ccc(S(=O)(=O)N(C)c3ccccc3)cc2)cc1Cl. The number of hydrogen-bond acceptors (Lipinski definition) is 4. The second-order valence-electron chi connectivity index (χ2n) is 6.66. The topological polar surface area (TPSA) is 95.6 Å². The van der Waals surface area contributed by atoms with Gasteiger partial charge in [0.05, 0.1) is 21.3 Å². The van der Waals surface area contributed by atoms with Crippen LogP contribution in [0, 0.1) is 0 Å². The molecule has 0 fully saturated rings. The molecule has 7 nitrogen and oxygen atoms in total. The summed E-state index contributed by atoms with van der Waals surface area (Å²) in [5, 5.41) is 5.55. The summed E-state index contributed by atoms with van der Waals surface area (Å²) in [6.07, 6.45) is 0. The summed E-state index contributed by atoms with van der Waals surface area (Å²) in [5.41, 5.74) is 1.68. The van der Waals surface area contributed by atoms with Gasteiger partial charge in [0.15, 0.2) is 0 Å². The van der Waals surface area contributed by atoms with Crippen molar-refractivity contribution in [3.05, 3.63) is 83.4 Å². The molecule has 9 heteroatoms. The Morgan fingerprint density at radius 1 is 0.903 bits per heavy atom. The van der Waals surface area contributed by atoms with Crippen LogP contribution in [0.4, 0.5) is 17.1 Å². The lowest BCUT2D eigenvalue weighted by Gasteiger charge is -2.19. The molecule has 0 aliphatic carbocycles. The number of carbonyl (C=O) groups is 2. The lowest BCUT2D eigenvalue weighted by atomic mass is 10.2. The smallest absolute Gasteiger partial charge is 0.264 e. The number of anilines is 3.